The first-order valence-electron chi connectivity index (χ1n) is 8.67. The minimum Gasteiger partial charge on any atom is -0.368 e. The number of carbonyl (C=O) groups is 2. The van der Waals surface area contributed by atoms with Gasteiger partial charge in [-0.15, -0.1) is 11.3 Å². The first kappa shape index (κ1) is 18.5. The van der Waals surface area contributed by atoms with E-state index in [0.29, 0.717) is 17.9 Å². The zero-order valence-electron chi connectivity index (χ0n) is 15.2. The molecule has 26 heavy (non-hydrogen) atoms. The molecule has 2 atom stereocenters. The predicted molar refractivity (Wildman–Crippen MR) is 101 cm³/mol. The molecular formula is C19H23N3O3S. The van der Waals surface area contributed by atoms with E-state index in [-0.39, 0.29) is 17.9 Å². The average molecular weight is 373 g/mol. The molecule has 138 valence electrons. The summed E-state index contributed by atoms with van der Waals surface area (Å²) in [7, 11) is 1.77. The second-order valence-electron chi connectivity index (χ2n) is 6.43. The molecule has 1 aromatic heterocycles. The van der Waals surface area contributed by atoms with E-state index in [1.54, 1.807) is 30.3 Å². The summed E-state index contributed by atoms with van der Waals surface area (Å²) in [4.78, 5) is 31.2. The molecule has 2 heterocycles. The van der Waals surface area contributed by atoms with Crippen LogP contribution in [0.2, 0.25) is 0 Å². The third-order valence-electron chi connectivity index (χ3n) is 4.75. The molecule has 1 fully saturated rings. The van der Waals surface area contributed by atoms with Gasteiger partial charge in [-0.3, -0.25) is 9.59 Å². The molecule has 2 amide bonds. The maximum absolute atomic E-state index is 13.0. The monoisotopic (exact) mass is 373 g/mol. The average Bonchev–Trinajstić information content (AvgIpc) is 3.35. The topological polar surface area (TPSA) is 71.5 Å². The van der Waals surface area contributed by atoms with Gasteiger partial charge in [0.1, 0.15) is 11.1 Å². The summed E-state index contributed by atoms with van der Waals surface area (Å²) >= 11 is 1.53. The van der Waals surface area contributed by atoms with Crippen molar-refractivity contribution < 1.29 is 14.3 Å². The number of hydrogen-bond acceptors (Lipinski definition) is 5. The number of hydrogen-bond donors (Lipinski definition) is 1. The van der Waals surface area contributed by atoms with Gasteiger partial charge in [-0.25, -0.2) is 4.98 Å². The molecule has 0 spiro atoms. The Hall–Kier alpha value is -2.25. The minimum atomic E-state index is -0.402. The third-order valence-corrected chi connectivity index (χ3v) is 5.70. The second-order valence-corrected chi connectivity index (χ2v) is 7.36. The van der Waals surface area contributed by atoms with Crippen LogP contribution >= 0.6 is 11.3 Å². The lowest BCUT2D eigenvalue weighted by molar-refractivity contribution is -0.124. The van der Waals surface area contributed by atoms with Gasteiger partial charge in [0.05, 0.1) is 6.04 Å². The fraction of sp³-hybridized carbons (Fsp3) is 0.421. The number of thiazole rings is 1. The van der Waals surface area contributed by atoms with Crippen LogP contribution in [0.25, 0.3) is 0 Å². The number of rotatable bonds is 5. The predicted octanol–water partition coefficient (Wildman–Crippen LogP) is 3.40. The van der Waals surface area contributed by atoms with Crippen molar-refractivity contribution in [1.29, 1.82) is 0 Å². The molecule has 2 aromatic rings. The van der Waals surface area contributed by atoms with Crippen LogP contribution in [0.1, 0.15) is 46.7 Å². The molecule has 6 nitrogen and oxygen atoms in total. The standard InChI is InChI=1S/C19H23N3O3S/c1-12-14(19(24)22(3)13(2)18-20-9-11-26-18)6-4-7-15(12)21-17(23)16-8-5-10-25-16/h4,6-7,9,11,13,16H,5,8,10H2,1-3H3,(H,21,23)/t13-,16+/m1/s1. The Balaban J connectivity index is 1.77. The third kappa shape index (κ3) is 3.78. The fourth-order valence-corrected chi connectivity index (χ4v) is 3.71. The van der Waals surface area contributed by atoms with E-state index < -0.39 is 6.10 Å². The van der Waals surface area contributed by atoms with Gasteiger partial charge >= 0.3 is 0 Å². The summed E-state index contributed by atoms with van der Waals surface area (Å²) in [5.41, 5.74) is 1.97. The van der Waals surface area contributed by atoms with Crippen molar-refractivity contribution >= 4 is 28.8 Å². The Morgan fingerprint density at radius 2 is 2.23 bits per heavy atom. The Labute approximate surface area is 157 Å². The van der Waals surface area contributed by atoms with Crippen molar-refractivity contribution in [3.63, 3.8) is 0 Å². The van der Waals surface area contributed by atoms with Crippen LogP contribution in [0.5, 0.6) is 0 Å². The van der Waals surface area contributed by atoms with Crippen LogP contribution in [-0.2, 0) is 9.53 Å². The SMILES string of the molecule is Cc1c(NC(=O)[C@@H]2CCCO2)cccc1C(=O)N(C)[C@H](C)c1nccs1. The number of nitrogens with zero attached hydrogens (tertiary/aromatic N) is 2. The van der Waals surface area contributed by atoms with E-state index in [1.807, 2.05) is 25.3 Å². The number of carbonyl (C=O) groups excluding carboxylic acids is 2. The molecule has 1 aliphatic heterocycles. The van der Waals surface area contributed by atoms with E-state index in [2.05, 4.69) is 10.3 Å². The quantitative estimate of drug-likeness (QED) is 0.872. The summed E-state index contributed by atoms with van der Waals surface area (Å²) in [6, 6.07) is 5.26. The minimum absolute atomic E-state index is 0.0987. The van der Waals surface area contributed by atoms with Crippen LogP contribution in [-0.4, -0.2) is 41.5 Å². The van der Waals surface area contributed by atoms with E-state index in [9.17, 15) is 9.59 Å². The maximum Gasteiger partial charge on any atom is 0.254 e. The molecule has 0 aliphatic carbocycles. The first-order chi connectivity index (χ1) is 12.5. The fourth-order valence-electron chi connectivity index (χ4n) is 2.97. The highest BCUT2D eigenvalue weighted by Gasteiger charge is 2.26. The normalized spacial score (nSPS) is 17.7. The van der Waals surface area contributed by atoms with Crippen molar-refractivity contribution in [2.24, 2.45) is 0 Å². The molecule has 1 N–H and O–H groups in total. The molecule has 1 saturated heterocycles. The maximum atomic E-state index is 13.0. The smallest absolute Gasteiger partial charge is 0.254 e. The Morgan fingerprint density at radius 1 is 1.42 bits per heavy atom. The summed E-state index contributed by atoms with van der Waals surface area (Å²) in [5.74, 6) is -0.252. The van der Waals surface area contributed by atoms with Gasteiger partial charge in [-0.2, -0.15) is 0 Å². The zero-order chi connectivity index (χ0) is 18.7. The summed E-state index contributed by atoms with van der Waals surface area (Å²) in [6.45, 7) is 4.42. The van der Waals surface area contributed by atoms with Crippen molar-refractivity contribution in [2.75, 3.05) is 19.0 Å². The van der Waals surface area contributed by atoms with Gasteiger partial charge in [0.2, 0.25) is 0 Å². The largest absolute Gasteiger partial charge is 0.368 e. The van der Waals surface area contributed by atoms with Crippen LogP contribution in [0.4, 0.5) is 5.69 Å². The van der Waals surface area contributed by atoms with E-state index in [1.165, 1.54) is 11.3 Å². The van der Waals surface area contributed by atoms with E-state index in [0.717, 1.165) is 23.4 Å². The van der Waals surface area contributed by atoms with Crippen LogP contribution in [0, 0.1) is 6.92 Å². The molecule has 3 rings (SSSR count). The number of anilines is 1. The first-order valence-corrected chi connectivity index (χ1v) is 9.55. The van der Waals surface area contributed by atoms with Crippen LogP contribution in [0.15, 0.2) is 29.8 Å². The highest BCUT2D eigenvalue weighted by molar-refractivity contribution is 7.09. The number of benzene rings is 1. The Morgan fingerprint density at radius 3 is 2.88 bits per heavy atom. The summed E-state index contributed by atoms with van der Waals surface area (Å²) < 4.78 is 5.42. The second kappa shape index (κ2) is 7.97. The van der Waals surface area contributed by atoms with Crippen LogP contribution in [0.3, 0.4) is 0 Å². The summed E-state index contributed by atoms with van der Waals surface area (Å²) in [6.07, 6.45) is 2.97. The number of ether oxygens (including phenoxy) is 1. The molecule has 1 aliphatic rings. The van der Waals surface area contributed by atoms with Crippen molar-refractivity contribution in [3.8, 4) is 0 Å². The van der Waals surface area contributed by atoms with Crippen molar-refractivity contribution in [2.45, 2.75) is 38.8 Å². The van der Waals surface area contributed by atoms with Gasteiger partial charge in [-0.05, 0) is 44.4 Å². The molecular weight excluding hydrogens is 350 g/mol. The number of nitrogens with one attached hydrogen (secondary N) is 1. The van der Waals surface area contributed by atoms with Gasteiger partial charge in [0.15, 0.2) is 0 Å². The number of amides is 2. The van der Waals surface area contributed by atoms with Gasteiger partial charge in [0.25, 0.3) is 11.8 Å². The van der Waals surface area contributed by atoms with Crippen molar-refractivity contribution in [3.05, 3.63) is 45.9 Å². The lowest BCUT2D eigenvalue weighted by Crippen LogP contribution is -2.31. The molecule has 0 unspecified atom stereocenters. The zero-order valence-corrected chi connectivity index (χ0v) is 16.0. The molecule has 0 radical (unpaired) electrons. The Bertz CT molecular complexity index is 785. The van der Waals surface area contributed by atoms with Crippen LogP contribution < -0.4 is 5.32 Å². The van der Waals surface area contributed by atoms with Gasteiger partial charge < -0.3 is 15.0 Å². The van der Waals surface area contributed by atoms with Crippen molar-refractivity contribution in [1.82, 2.24) is 9.88 Å². The molecule has 7 heteroatoms. The Kier molecular flexibility index (Phi) is 5.68. The highest BCUT2D eigenvalue weighted by atomic mass is 32.1. The molecule has 0 saturated carbocycles. The summed E-state index contributed by atoms with van der Waals surface area (Å²) in [5, 5.41) is 5.69. The van der Waals surface area contributed by atoms with E-state index >= 15 is 0 Å². The van der Waals surface area contributed by atoms with Gasteiger partial charge in [0, 0.05) is 36.5 Å². The molecule has 0 bridgehead atoms. The number of aromatic nitrogens is 1. The van der Waals surface area contributed by atoms with Gasteiger partial charge in [-0.1, -0.05) is 6.07 Å². The lowest BCUT2D eigenvalue weighted by atomic mass is 10.0. The lowest BCUT2D eigenvalue weighted by Gasteiger charge is -2.24. The molecule has 1 aromatic carbocycles. The van der Waals surface area contributed by atoms with E-state index in [4.69, 9.17) is 4.74 Å². The highest BCUT2D eigenvalue weighted by Crippen LogP contribution is 2.26.